The molecule has 29 heavy (non-hydrogen) atoms. The van der Waals surface area contributed by atoms with Crippen LogP contribution in [-0.2, 0) is 21.2 Å². The Morgan fingerprint density at radius 3 is 2.48 bits per heavy atom. The van der Waals surface area contributed by atoms with Crippen molar-refractivity contribution < 1.29 is 22.0 Å². The van der Waals surface area contributed by atoms with Crippen molar-refractivity contribution in [3.63, 3.8) is 0 Å². The Bertz CT molecular complexity index is 1110. The van der Waals surface area contributed by atoms with Crippen LogP contribution in [0.2, 0.25) is 0 Å². The van der Waals surface area contributed by atoms with Gasteiger partial charge in [0.15, 0.2) is 11.7 Å². The van der Waals surface area contributed by atoms with Crippen LogP contribution in [0, 0.1) is 5.82 Å². The van der Waals surface area contributed by atoms with Gasteiger partial charge in [-0.1, -0.05) is 12.1 Å². The number of benzene rings is 2. The number of rotatable bonds is 7. The molecule has 0 fully saturated rings. The van der Waals surface area contributed by atoms with Crippen LogP contribution in [0.15, 0.2) is 64.0 Å². The molecule has 0 unspecified atom stereocenters. The minimum Gasteiger partial charge on any atom is -0.441 e. The van der Waals surface area contributed by atoms with Crippen molar-refractivity contribution >= 4 is 21.6 Å². The van der Waals surface area contributed by atoms with Gasteiger partial charge in [0.25, 0.3) is 0 Å². The minimum absolute atomic E-state index is 0.106. The van der Waals surface area contributed by atoms with E-state index in [4.69, 9.17) is 4.42 Å². The van der Waals surface area contributed by atoms with E-state index in [1.54, 1.807) is 18.2 Å². The number of carbonyl (C=O) groups is 1. The van der Waals surface area contributed by atoms with E-state index in [9.17, 15) is 17.6 Å². The SMILES string of the molecule is CN(C)S(=O)(=O)c1ccc(NC(=O)CCc2ncc(-c3ccccc3F)o2)cc1. The van der Waals surface area contributed by atoms with Crippen LogP contribution in [0.25, 0.3) is 11.3 Å². The molecule has 3 aromatic rings. The zero-order valence-corrected chi connectivity index (χ0v) is 16.7. The third-order valence-corrected chi connectivity index (χ3v) is 6.00. The Hall–Kier alpha value is -3.04. The molecule has 0 spiro atoms. The average Bonchev–Trinajstić information content (AvgIpc) is 3.16. The second kappa shape index (κ2) is 8.54. The van der Waals surface area contributed by atoms with Gasteiger partial charge in [-0.05, 0) is 36.4 Å². The third kappa shape index (κ3) is 4.87. The van der Waals surface area contributed by atoms with Gasteiger partial charge in [-0.25, -0.2) is 22.1 Å². The number of sulfonamides is 1. The zero-order chi connectivity index (χ0) is 21.0. The number of anilines is 1. The summed E-state index contributed by atoms with van der Waals surface area (Å²) in [6, 6.07) is 12.1. The number of oxazole rings is 1. The van der Waals surface area contributed by atoms with Crippen LogP contribution < -0.4 is 5.32 Å². The molecule has 0 aliphatic rings. The van der Waals surface area contributed by atoms with E-state index in [0.29, 0.717) is 22.9 Å². The summed E-state index contributed by atoms with van der Waals surface area (Å²) < 4.78 is 44.5. The van der Waals surface area contributed by atoms with Crippen LogP contribution in [0.1, 0.15) is 12.3 Å². The number of carbonyl (C=O) groups excluding carboxylic acids is 1. The normalized spacial score (nSPS) is 11.6. The smallest absolute Gasteiger partial charge is 0.242 e. The molecule has 0 aliphatic carbocycles. The van der Waals surface area contributed by atoms with E-state index in [-0.39, 0.29) is 23.6 Å². The molecule has 0 saturated carbocycles. The van der Waals surface area contributed by atoms with Gasteiger partial charge in [-0.3, -0.25) is 4.79 Å². The maximum Gasteiger partial charge on any atom is 0.242 e. The molecule has 1 heterocycles. The number of nitrogens with zero attached hydrogens (tertiary/aromatic N) is 2. The molecule has 0 saturated heterocycles. The van der Waals surface area contributed by atoms with Crippen LogP contribution in [0.3, 0.4) is 0 Å². The Labute approximate surface area is 168 Å². The van der Waals surface area contributed by atoms with E-state index in [1.165, 1.54) is 50.6 Å². The predicted molar refractivity (Wildman–Crippen MR) is 106 cm³/mol. The first-order chi connectivity index (χ1) is 13.8. The second-order valence-corrected chi connectivity index (χ2v) is 8.61. The number of aromatic nitrogens is 1. The topological polar surface area (TPSA) is 92.5 Å². The number of nitrogens with one attached hydrogen (secondary N) is 1. The maximum absolute atomic E-state index is 13.8. The standard InChI is InChI=1S/C20H20FN3O4S/c1-24(2)29(26,27)15-9-7-14(8-10-15)23-19(25)11-12-20-22-13-18(28-20)16-5-3-4-6-17(16)21/h3-10,13H,11-12H2,1-2H3,(H,23,25). The highest BCUT2D eigenvalue weighted by Gasteiger charge is 2.17. The first-order valence-electron chi connectivity index (χ1n) is 8.79. The Balaban J connectivity index is 1.58. The van der Waals surface area contributed by atoms with Crippen LogP contribution in [0.5, 0.6) is 0 Å². The van der Waals surface area contributed by atoms with Gasteiger partial charge < -0.3 is 9.73 Å². The van der Waals surface area contributed by atoms with Crippen molar-refractivity contribution in [2.45, 2.75) is 17.7 Å². The molecule has 1 amide bonds. The monoisotopic (exact) mass is 417 g/mol. The highest BCUT2D eigenvalue weighted by atomic mass is 32.2. The first-order valence-corrected chi connectivity index (χ1v) is 10.2. The summed E-state index contributed by atoms with van der Waals surface area (Å²) in [5, 5.41) is 2.69. The number of hydrogen-bond donors (Lipinski definition) is 1. The summed E-state index contributed by atoms with van der Waals surface area (Å²) >= 11 is 0. The summed E-state index contributed by atoms with van der Waals surface area (Å²) in [4.78, 5) is 16.4. The molecular weight excluding hydrogens is 397 g/mol. The predicted octanol–water partition coefficient (Wildman–Crippen LogP) is 3.30. The molecule has 7 nitrogen and oxygen atoms in total. The summed E-state index contributed by atoms with van der Waals surface area (Å²) in [5.41, 5.74) is 0.788. The Kier molecular flexibility index (Phi) is 6.09. The largest absolute Gasteiger partial charge is 0.441 e. The quantitative estimate of drug-likeness (QED) is 0.637. The fourth-order valence-electron chi connectivity index (χ4n) is 2.58. The number of hydrogen-bond acceptors (Lipinski definition) is 5. The van der Waals surface area contributed by atoms with Crippen molar-refractivity contribution in [3.8, 4) is 11.3 Å². The molecule has 0 bridgehead atoms. The van der Waals surface area contributed by atoms with Crippen molar-refractivity contribution in [2.75, 3.05) is 19.4 Å². The Morgan fingerprint density at radius 1 is 1.14 bits per heavy atom. The fraction of sp³-hybridized carbons (Fsp3) is 0.200. The first kappa shape index (κ1) is 20.7. The second-order valence-electron chi connectivity index (χ2n) is 6.46. The molecule has 9 heteroatoms. The third-order valence-electron chi connectivity index (χ3n) is 4.18. The van der Waals surface area contributed by atoms with Gasteiger partial charge in [0, 0.05) is 32.6 Å². The van der Waals surface area contributed by atoms with Crippen molar-refractivity contribution in [3.05, 3.63) is 66.4 Å². The highest BCUT2D eigenvalue weighted by Crippen LogP contribution is 2.23. The van der Waals surface area contributed by atoms with Crippen LogP contribution >= 0.6 is 0 Å². The minimum atomic E-state index is -3.52. The summed E-state index contributed by atoms with van der Waals surface area (Å²) in [7, 11) is -0.619. The number of halogens is 1. The molecule has 1 aromatic heterocycles. The van der Waals surface area contributed by atoms with Gasteiger partial charge in [0.05, 0.1) is 16.7 Å². The van der Waals surface area contributed by atoms with E-state index in [1.807, 2.05) is 0 Å². The highest BCUT2D eigenvalue weighted by molar-refractivity contribution is 7.89. The summed E-state index contributed by atoms with van der Waals surface area (Å²) in [5.74, 6) is -0.0615. The van der Waals surface area contributed by atoms with Gasteiger partial charge in [0.1, 0.15) is 5.82 Å². The van der Waals surface area contributed by atoms with Gasteiger partial charge in [-0.15, -0.1) is 0 Å². The van der Waals surface area contributed by atoms with Gasteiger partial charge >= 0.3 is 0 Å². The van der Waals surface area contributed by atoms with Crippen LogP contribution in [-0.4, -0.2) is 37.7 Å². The van der Waals surface area contributed by atoms with Crippen molar-refractivity contribution in [1.29, 1.82) is 0 Å². The molecule has 0 atom stereocenters. The van der Waals surface area contributed by atoms with E-state index >= 15 is 0 Å². The molecule has 3 rings (SSSR count). The number of amides is 1. The average molecular weight is 417 g/mol. The lowest BCUT2D eigenvalue weighted by molar-refractivity contribution is -0.116. The molecule has 0 radical (unpaired) electrons. The molecule has 2 aromatic carbocycles. The summed E-state index contributed by atoms with van der Waals surface area (Å²) in [6.07, 6.45) is 1.78. The van der Waals surface area contributed by atoms with E-state index < -0.39 is 15.8 Å². The van der Waals surface area contributed by atoms with E-state index in [2.05, 4.69) is 10.3 Å². The summed E-state index contributed by atoms with van der Waals surface area (Å²) in [6.45, 7) is 0. The lowest BCUT2D eigenvalue weighted by Crippen LogP contribution is -2.22. The lowest BCUT2D eigenvalue weighted by Gasteiger charge is -2.12. The van der Waals surface area contributed by atoms with Crippen LogP contribution in [0.4, 0.5) is 10.1 Å². The zero-order valence-electron chi connectivity index (χ0n) is 15.9. The molecular formula is C20H20FN3O4S. The van der Waals surface area contributed by atoms with Gasteiger partial charge in [-0.2, -0.15) is 0 Å². The van der Waals surface area contributed by atoms with Crippen molar-refractivity contribution in [2.24, 2.45) is 0 Å². The van der Waals surface area contributed by atoms with Crippen molar-refractivity contribution in [1.82, 2.24) is 9.29 Å². The number of aryl methyl sites for hydroxylation is 1. The fourth-order valence-corrected chi connectivity index (χ4v) is 3.48. The molecule has 152 valence electrons. The maximum atomic E-state index is 13.8. The Morgan fingerprint density at radius 2 is 1.83 bits per heavy atom. The molecule has 0 aliphatic heterocycles. The molecule has 1 N–H and O–H groups in total. The van der Waals surface area contributed by atoms with E-state index in [0.717, 1.165) is 4.31 Å². The lowest BCUT2D eigenvalue weighted by atomic mass is 10.2. The van der Waals surface area contributed by atoms with Gasteiger partial charge in [0.2, 0.25) is 15.9 Å².